The normalized spacial score (nSPS) is 11.7. The van der Waals surface area contributed by atoms with E-state index < -0.39 is 15.8 Å². The lowest BCUT2D eigenvalue weighted by Gasteiger charge is -2.07. The maximum Gasteiger partial charge on any atom is 0.242 e. The van der Waals surface area contributed by atoms with Gasteiger partial charge in [-0.05, 0) is 18.2 Å². The van der Waals surface area contributed by atoms with E-state index in [2.05, 4.69) is 14.9 Å². The van der Waals surface area contributed by atoms with Gasteiger partial charge in [-0.1, -0.05) is 11.6 Å². The number of H-pyrrole nitrogens is 1. The number of anilines is 1. The number of hydrogen-bond acceptors (Lipinski definition) is 4. The van der Waals surface area contributed by atoms with E-state index >= 15 is 0 Å². The summed E-state index contributed by atoms with van der Waals surface area (Å²) in [5, 5.41) is 6.07. The van der Waals surface area contributed by atoms with Crippen molar-refractivity contribution in [3.05, 3.63) is 40.8 Å². The number of nitrogens with two attached hydrogens (primary N) is 1. The molecule has 1 heterocycles. The molecule has 0 saturated carbocycles. The Labute approximate surface area is 113 Å². The van der Waals surface area contributed by atoms with E-state index in [1.54, 1.807) is 0 Å². The predicted molar refractivity (Wildman–Crippen MR) is 68.4 cm³/mol. The number of nitrogens with one attached hydrogen (secondary N) is 2. The van der Waals surface area contributed by atoms with E-state index in [9.17, 15) is 12.8 Å². The van der Waals surface area contributed by atoms with Crippen LogP contribution < -0.4 is 10.5 Å². The highest BCUT2D eigenvalue weighted by atomic mass is 35.5. The minimum Gasteiger partial charge on any atom is -0.384 e. The fourth-order valence-corrected chi connectivity index (χ4v) is 2.91. The van der Waals surface area contributed by atoms with Crippen molar-refractivity contribution >= 4 is 27.4 Å². The molecule has 0 aliphatic rings. The van der Waals surface area contributed by atoms with Crippen molar-refractivity contribution in [1.29, 1.82) is 0 Å². The Morgan fingerprint density at radius 2 is 2.21 bits per heavy atom. The summed E-state index contributed by atoms with van der Waals surface area (Å²) in [6, 6.07) is 3.11. The summed E-state index contributed by atoms with van der Waals surface area (Å²) < 4.78 is 39.3. The Morgan fingerprint density at radius 1 is 1.47 bits per heavy atom. The lowest BCUT2D eigenvalue weighted by Crippen LogP contribution is -2.24. The number of aromatic nitrogens is 2. The zero-order chi connectivity index (χ0) is 14.0. The number of sulfonamides is 1. The van der Waals surface area contributed by atoms with Crippen LogP contribution in [0.5, 0.6) is 0 Å². The first-order chi connectivity index (χ1) is 8.90. The standard InChI is InChI=1S/C10H10ClFN4O2S/c11-8-2-1-7(12)3-9(8)19(17,18)15-5-6-4-14-16-10(6)13/h1-4,15H,5H2,(H3,13,14,16). The van der Waals surface area contributed by atoms with Crippen molar-refractivity contribution in [1.82, 2.24) is 14.9 Å². The zero-order valence-corrected chi connectivity index (χ0v) is 11.1. The van der Waals surface area contributed by atoms with Crippen molar-refractivity contribution in [2.45, 2.75) is 11.4 Å². The summed E-state index contributed by atoms with van der Waals surface area (Å²) in [6.45, 7) is -0.0719. The van der Waals surface area contributed by atoms with Gasteiger partial charge >= 0.3 is 0 Å². The molecule has 2 aromatic rings. The average molecular weight is 305 g/mol. The Hall–Kier alpha value is -1.64. The Kier molecular flexibility index (Phi) is 3.74. The molecule has 4 N–H and O–H groups in total. The minimum absolute atomic E-state index is 0.0611. The van der Waals surface area contributed by atoms with Crippen LogP contribution in [-0.2, 0) is 16.6 Å². The SMILES string of the molecule is Nc1[nH]ncc1CNS(=O)(=O)c1cc(F)ccc1Cl. The van der Waals surface area contributed by atoms with Crippen molar-refractivity contribution in [3.8, 4) is 0 Å². The molecule has 9 heteroatoms. The average Bonchev–Trinajstić information content (AvgIpc) is 2.75. The van der Waals surface area contributed by atoms with Crippen LogP contribution in [0, 0.1) is 5.82 Å². The van der Waals surface area contributed by atoms with E-state index in [1.165, 1.54) is 12.3 Å². The third-order valence-corrected chi connectivity index (χ3v) is 4.27. The van der Waals surface area contributed by atoms with Crippen molar-refractivity contribution in [3.63, 3.8) is 0 Å². The minimum atomic E-state index is -3.93. The molecule has 1 aromatic heterocycles. The van der Waals surface area contributed by atoms with Gasteiger partial charge in [-0.3, -0.25) is 5.10 Å². The molecule has 0 atom stereocenters. The largest absolute Gasteiger partial charge is 0.384 e. The lowest BCUT2D eigenvalue weighted by molar-refractivity contribution is 0.577. The Bertz CT molecular complexity index is 701. The quantitative estimate of drug-likeness (QED) is 0.791. The van der Waals surface area contributed by atoms with E-state index in [4.69, 9.17) is 17.3 Å². The van der Waals surface area contributed by atoms with Crippen LogP contribution in [0.2, 0.25) is 5.02 Å². The molecule has 0 aliphatic heterocycles. The molecule has 102 valence electrons. The Morgan fingerprint density at radius 3 is 2.84 bits per heavy atom. The van der Waals surface area contributed by atoms with Gasteiger partial charge in [0.2, 0.25) is 10.0 Å². The van der Waals surface area contributed by atoms with Crippen LogP contribution in [0.3, 0.4) is 0 Å². The van der Waals surface area contributed by atoms with Gasteiger partial charge in [0.05, 0.1) is 11.2 Å². The van der Waals surface area contributed by atoms with E-state index in [0.717, 1.165) is 12.1 Å². The molecular formula is C10H10ClFN4O2S. The molecule has 0 bridgehead atoms. The monoisotopic (exact) mass is 304 g/mol. The summed E-state index contributed by atoms with van der Waals surface area (Å²) in [4.78, 5) is -0.323. The van der Waals surface area contributed by atoms with Gasteiger partial charge in [-0.25, -0.2) is 17.5 Å². The number of rotatable bonds is 4. The van der Waals surface area contributed by atoms with Gasteiger partial charge in [0, 0.05) is 12.1 Å². The molecule has 1 aromatic carbocycles. The zero-order valence-electron chi connectivity index (χ0n) is 9.52. The topological polar surface area (TPSA) is 101 Å². The molecule has 0 saturated heterocycles. The first kappa shape index (κ1) is 13.8. The van der Waals surface area contributed by atoms with Crippen LogP contribution in [0.1, 0.15) is 5.56 Å². The molecule has 19 heavy (non-hydrogen) atoms. The maximum absolute atomic E-state index is 13.1. The molecular weight excluding hydrogens is 295 g/mol. The highest BCUT2D eigenvalue weighted by Gasteiger charge is 2.19. The van der Waals surface area contributed by atoms with Gasteiger partial charge in [0.1, 0.15) is 16.5 Å². The van der Waals surface area contributed by atoms with E-state index in [0.29, 0.717) is 5.56 Å². The second-order valence-electron chi connectivity index (χ2n) is 3.71. The molecule has 2 rings (SSSR count). The smallest absolute Gasteiger partial charge is 0.242 e. The molecule has 0 radical (unpaired) electrons. The first-order valence-electron chi connectivity index (χ1n) is 5.12. The number of nitrogens with zero attached hydrogens (tertiary/aromatic N) is 1. The van der Waals surface area contributed by atoms with E-state index in [-0.39, 0.29) is 22.3 Å². The van der Waals surface area contributed by atoms with Crippen LogP contribution >= 0.6 is 11.6 Å². The van der Waals surface area contributed by atoms with E-state index in [1.807, 2.05) is 0 Å². The number of halogens is 2. The molecule has 0 spiro atoms. The van der Waals surface area contributed by atoms with Gasteiger partial charge in [-0.2, -0.15) is 5.10 Å². The predicted octanol–water partition coefficient (Wildman–Crippen LogP) is 1.26. The summed E-state index contributed by atoms with van der Waals surface area (Å²) in [5.41, 5.74) is 6.01. The van der Waals surface area contributed by atoms with Crippen LogP contribution in [0.25, 0.3) is 0 Å². The third kappa shape index (κ3) is 3.03. The van der Waals surface area contributed by atoms with Crippen molar-refractivity contribution in [2.75, 3.05) is 5.73 Å². The van der Waals surface area contributed by atoms with Gasteiger partial charge in [0.25, 0.3) is 0 Å². The number of benzene rings is 1. The maximum atomic E-state index is 13.1. The lowest BCUT2D eigenvalue weighted by atomic mass is 10.3. The van der Waals surface area contributed by atoms with Crippen molar-refractivity contribution < 1.29 is 12.8 Å². The fraction of sp³-hybridized carbons (Fsp3) is 0.100. The molecule has 0 amide bonds. The highest BCUT2D eigenvalue weighted by molar-refractivity contribution is 7.89. The summed E-state index contributed by atoms with van der Waals surface area (Å²) in [6.07, 6.45) is 1.39. The molecule has 0 unspecified atom stereocenters. The van der Waals surface area contributed by atoms with Crippen LogP contribution in [0.4, 0.5) is 10.2 Å². The number of nitrogen functional groups attached to an aromatic ring is 1. The second-order valence-corrected chi connectivity index (χ2v) is 5.85. The highest BCUT2D eigenvalue weighted by Crippen LogP contribution is 2.22. The van der Waals surface area contributed by atoms with Gasteiger partial charge in [0.15, 0.2) is 0 Å². The second kappa shape index (κ2) is 5.16. The van der Waals surface area contributed by atoms with Crippen LogP contribution in [0.15, 0.2) is 29.3 Å². The number of hydrogen-bond donors (Lipinski definition) is 3. The molecule has 6 nitrogen and oxygen atoms in total. The molecule has 0 fully saturated rings. The summed E-state index contributed by atoms with van der Waals surface area (Å²) >= 11 is 5.74. The fourth-order valence-electron chi connectivity index (χ4n) is 1.40. The third-order valence-electron chi connectivity index (χ3n) is 2.39. The van der Waals surface area contributed by atoms with Crippen LogP contribution in [-0.4, -0.2) is 18.6 Å². The number of aromatic amines is 1. The first-order valence-corrected chi connectivity index (χ1v) is 6.98. The molecule has 0 aliphatic carbocycles. The van der Waals surface area contributed by atoms with Crippen molar-refractivity contribution in [2.24, 2.45) is 0 Å². The van der Waals surface area contributed by atoms with Gasteiger partial charge < -0.3 is 5.73 Å². The van der Waals surface area contributed by atoms with Gasteiger partial charge in [-0.15, -0.1) is 0 Å². The Balaban J connectivity index is 2.23. The summed E-state index contributed by atoms with van der Waals surface area (Å²) in [5.74, 6) is -0.430. The summed E-state index contributed by atoms with van der Waals surface area (Å²) in [7, 11) is -3.93.